The molecule has 0 saturated carbocycles. The summed E-state index contributed by atoms with van der Waals surface area (Å²) in [5, 5.41) is 12.8. The van der Waals surface area contributed by atoms with E-state index < -0.39 is 0 Å². The number of benzene rings is 2. The number of nitrogens with one attached hydrogen (secondary N) is 1. The lowest BCUT2D eigenvalue weighted by Gasteiger charge is -2.29. The molecule has 2 aliphatic rings. The summed E-state index contributed by atoms with van der Waals surface area (Å²) in [6.07, 6.45) is 2.21. The second-order valence-electron chi connectivity index (χ2n) is 7.60. The smallest absolute Gasteiger partial charge is 0.244 e. The van der Waals surface area contributed by atoms with Crippen LogP contribution >= 0.6 is 23.4 Å². The van der Waals surface area contributed by atoms with E-state index in [0.29, 0.717) is 21.6 Å². The first-order chi connectivity index (χ1) is 15.6. The molecule has 1 N–H and O–H groups in total. The lowest BCUT2D eigenvalue weighted by molar-refractivity contribution is -0.120. The van der Waals surface area contributed by atoms with Gasteiger partial charge in [0.1, 0.15) is 6.54 Å². The zero-order valence-electron chi connectivity index (χ0n) is 17.2. The highest BCUT2D eigenvalue weighted by Crippen LogP contribution is 2.33. The highest BCUT2D eigenvalue weighted by atomic mass is 35.5. The summed E-state index contributed by atoms with van der Waals surface area (Å²) in [6.45, 7) is 1.81. The molecule has 0 unspecified atom stereocenters. The summed E-state index contributed by atoms with van der Waals surface area (Å²) in [7, 11) is 0. The maximum absolute atomic E-state index is 13.1. The van der Waals surface area contributed by atoms with Crippen LogP contribution in [-0.2, 0) is 9.59 Å². The Kier molecular flexibility index (Phi) is 5.75. The minimum absolute atomic E-state index is 0.00730. The fraction of sp³-hybridized carbons (Fsp3) is 0.273. The molecule has 1 saturated heterocycles. The fourth-order valence-corrected chi connectivity index (χ4v) is 5.02. The molecule has 2 amide bonds. The van der Waals surface area contributed by atoms with E-state index in [2.05, 4.69) is 20.4 Å². The van der Waals surface area contributed by atoms with Crippen molar-refractivity contribution in [2.45, 2.75) is 18.0 Å². The van der Waals surface area contributed by atoms with Crippen LogP contribution in [0, 0.1) is 0 Å². The van der Waals surface area contributed by atoms with Crippen LogP contribution < -0.4 is 15.1 Å². The van der Waals surface area contributed by atoms with Crippen molar-refractivity contribution in [2.75, 3.05) is 40.5 Å². The maximum atomic E-state index is 13.1. The molecule has 2 aliphatic heterocycles. The average Bonchev–Trinajstić information content (AvgIpc) is 3.47. The van der Waals surface area contributed by atoms with E-state index in [1.54, 1.807) is 6.07 Å². The third-order valence-corrected chi connectivity index (χ3v) is 6.73. The first kappa shape index (κ1) is 20.8. The van der Waals surface area contributed by atoms with Gasteiger partial charge in [-0.2, -0.15) is 0 Å². The largest absolute Gasteiger partial charge is 0.341 e. The third-order valence-electron chi connectivity index (χ3n) is 5.49. The molecule has 1 fully saturated rings. The first-order valence-corrected chi connectivity index (χ1v) is 11.8. The Hall–Kier alpha value is -3.04. The number of hydrogen-bond donors (Lipinski definition) is 1. The quantitative estimate of drug-likeness (QED) is 0.576. The Labute approximate surface area is 194 Å². The number of thioether (sulfide) groups is 1. The van der Waals surface area contributed by atoms with Gasteiger partial charge < -0.3 is 15.1 Å². The van der Waals surface area contributed by atoms with Crippen molar-refractivity contribution >= 4 is 52.5 Å². The Morgan fingerprint density at radius 1 is 1.03 bits per heavy atom. The number of nitrogens with zero attached hydrogens (tertiary/aromatic N) is 5. The van der Waals surface area contributed by atoms with Crippen molar-refractivity contribution in [1.82, 2.24) is 14.8 Å². The van der Waals surface area contributed by atoms with Gasteiger partial charge in [0, 0.05) is 13.1 Å². The van der Waals surface area contributed by atoms with Gasteiger partial charge in [0.2, 0.25) is 17.8 Å². The zero-order chi connectivity index (χ0) is 22.1. The summed E-state index contributed by atoms with van der Waals surface area (Å²) in [5.74, 6) is 0.462. The number of amides is 2. The molecule has 8 nitrogen and oxygen atoms in total. The Balaban J connectivity index is 1.42. The molecule has 0 radical (unpaired) electrons. The van der Waals surface area contributed by atoms with Crippen LogP contribution in [0.4, 0.5) is 17.3 Å². The van der Waals surface area contributed by atoms with Crippen LogP contribution in [0.15, 0.2) is 53.7 Å². The molecule has 3 heterocycles. The van der Waals surface area contributed by atoms with Crippen LogP contribution in [0.3, 0.4) is 0 Å². The average molecular weight is 469 g/mol. The van der Waals surface area contributed by atoms with Gasteiger partial charge in [-0.3, -0.25) is 14.2 Å². The van der Waals surface area contributed by atoms with Crippen molar-refractivity contribution in [3.63, 3.8) is 0 Å². The molecular weight excluding hydrogens is 448 g/mol. The van der Waals surface area contributed by atoms with E-state index in [4.69, 9.17) is 11.6 Å². The molecule has 164 valence electrons. The van der Waals surface area contributed by atoms with Gasteiger partial charge in [-0.25, -0.2) is 0 Å². The number of rotatable bonds is 5. The van der Waals surface area contributed by atoms with Crippen LogP contribution in [0.1, 0.15) is 12.8 Å². The molecule has 10 heteroatoms. The first-order valence-electron chi connectivity index (χ1n) is 10.4. The van der Waals surface area contributed by atoms with Gasteiger partial charge in [0.05, 0.1) is 27.8 Å². The zero-order valence-corrected chi connectivity index (χ0v) is 18.8. The standard InChI is InChI=1S/C22H21ClN6O2S/c23-15-7-1-3-9-17(15)29-21(27-11-5-6-12-27)25-26-22(29)32-14-20(31)28-13-19(30)24-16-8-2-4-10-18(16)28/h1-4,7-10H,5-6,11-14H2,(H,24,30). The van der Waals surface area contributed by atoms with Crippen molar-refractivity contribution in [3.8, 4) is 5.69 Å². The van der Waals surface area contributed by atoms with Crippen molar-refractivity contribution in [2.24, 2.45) is 0 Å². The van der Waals surface area contributed by atoms with Gasteiger partial charge in [0.25, 0.3) is 0 Å². The predicted octanol–water partition coefficient (Wildman–Crippen LogP) is 3.60. The highest BCUT2D eigenvalue weighted by Gasteiger charge is 2.28. The number of aromatic nitrogens is 3. The van der Waals surface area contributed by atoms with Crippen LogP contribution in [0.5, 0.6) is 0 Å². The molecule has 0 bridgehead atoms. The monoisotopic (exact) mass is 468 g/mol. The molecule has 1 aromatic heterocycles. The fourth-order valence-electron chi connectivity index (χ4n) is 3.98. The van der Waals surface area contributed by atoms with E-state index in [9.17, 15) is 9.59 Å². The lowest BCUT2D eigenvalue weighted by Crippen LogP contribution is -2.43. The maximum Gasteiger partial charge on any atom is 0.244 e. The summed E-state index contributed by atoms with van der Waals surface area (Å²) in [5.41, 5.74) is 2.11. The molecule has 32 heavy (non-hydrogen) atoms. The van der Waals surface area contributed by atoms with E-state index in [0.717, 1.165) is 37.6 Å². The van der Waals surface area contributed by atoms with Crippen LogP contribution in [0.2, 0.25) is 5.02 Å². The number of fused-ring (bicyclic) bond motifs is 1. The summed E-state index contributed by atoms with van der Waals surface area (Å²) in [4.78, 5) is 28.9. The molecule has 3 aromatic rings. The van der Waals surface area contributed by atoms with E-state index >= 15 is 0 Å². The number of carbonyl (C=O) groups excluding carboxylic acids is 2. The van der Waals surface area contributed by atoms with Gasteiger partial charge in [0.15, 0.2) is 5.16 Å². The van der Waals surface area contributed by atoms with Crippen molar-refractivity contribution < 1.29 is 9.59 Å². The summed E-state index contributed by atoms with van der Waals surface area (Å²) in [6, 6.07) is 14.8. The summed E-state index contributed by atoms with van der Waals surface area (Å²) < 4.78 is 1.92. The van der Waals surface area contributed by atoms with Gasteiger partial charge in [-0.1, -0.05) is 47.6 Å². The Morgan fingerprint density at radius 3 is 2.53 bits per heavy atom. The lowest BCUT2D eigenvalue weighted by atomic mass is 10.2. The number of para-hydroxylation sites is 3. The number of anilines is 3. The molecule has 2 aromatic carbocycles. The molecule has 5 rings (SSSR count). The van der Waals surface area contributed by atoms with E-state index in [-0.39, 0.29) is 24.1 Å². The second kappa shape index (κ2) is 8.84. The SMILES string of the molecule is O=C1CN(C(=O)CSc2nnc(N3CCCC3)n2-c2ccccc2Cl)c2ccccc2N1. The van der Waals surface area contributed by atoms with E-state index in [1.807, 2.05) is 47.0 Å². The topological polar surface area (TPSA) is 83.4 Å². The summed E-state index contributed by atoms with van der Waals surface area (Å²) >= 11 is 7.79. The third kappa shape index (κ3) is 3.93. The molecule has 0 spiro atoms. The second-order valence-corrected chi connectivity index (χ2v) is 8.95. The van der Waals surface area contributed by atoms with E-state index in [1.165, 1.54) is 16.7 Å². The Bertz CT molecular complexity index is 1180. The van der Waals surface area contributed by atoms with Crippen molar-refractivity contribution in [3.05, 3.63) is 53.6 Å². The normalized spacial score (nSPS) is 15.6. The molecular formula is C22H21ClN6O2S. The molecule has 0 aliphatic carbocycles. The van der Waals surface area contributed by atoms with Crippen LogP contribution in [-0.4, -0.2) is 52.0 Å². The van der Waals surface area contributed by atoms with Gasteiger partial charge >= 0.3 is 0 Å². The van der Waals surface area contributed by atoms with Gasteiger partial charge in [-0.15, -0.1) is 10.2 Å². The predicted molar refractivity (Wildman–Crippen MR) is 126 cm³/mol. The minimum Gasteiger partial charge on any atom is -0.341 e. The highest BCUT2D eigenvalue weighted by molar-refractivity contribution is 7.99. The van der Waals surface area contributed by atoms with Gasteiger partial charge in [-0.05, 0) is 37.1 Å². The Morgan fingerprint density at radius 2 is 1.75 bits per heavy atom. The number of halogens is 1. The number of carbonyl (C=O) groups is 2. The van der Waals surface area contributed by atoms with Crippen LogP contribution in [0.25, 0.3) is 5.69 Å². The van der Waals surface area contributed by atoms with Crippen molar-refractivity contribution in [1.29, 1.82) is 0 Å². The minimum atomic E-state index is -0.211. The number of hydrogen-bond acceptors (Lipinski definition) is 6. The molecule has 0 atom stereocenters.